The molecular formula is C13H22NO4+. The zero-order valence-electron chi connectivity index (χ0n) is 11.4. The summed E-state index contributed by atoms with van der Waals surface area (Å²) in [4.78, 5) is 23.6. The number of allylic oxidation sites excluding steroid dienone is 1. The Morgan fingerprint density at radius 1 is 1.33 bits per heavy atom. The normalized spacial score (nSPS) is 32.2. The average Bonchev–Trinajstić information content (AvgIpc) is 2.26. The molecule has 0 saturated heterocycles. The summed E-state index contributed by atoms with van der Waals surface area (Å²) in [5, 5.41) is 19.3. The van der Waals surface area contributed by atoms with E-state index < -0.39 is 27.6 Å². The molecule has 0 radical (unpaired) electrons. The number of hydrogen-bond acceptors (Lipinski definition) is 2. The van der Waals surface area contributed by atoms with Crippen molar-refractivity contribution in [1.82, 2.24) is 0 Å². The lowest BCUT2D eigenvalue weighted by Crippen LogP contribution is -2.75. The van der Waals surface area contributed by atoms with Crippen LogP contribution in [0.3, 0.4) is 0 Å². The molecule has 1 unspecified atom stereocenters. The molecule has 0 bridgehead atoms. The van der Waals surface area contributed by atoms with Gasteiger partial charge in [-0.2, -0.15) is 9.28 Å². The monoisotopic (exact) mass is 256 g/mol. The molecule has 102 valence electrons. The molecule has 5 nitrogen and oxygen atoms in total. The van der Waals surface area contributed by atoms with Crippen molar-refractivity contribution < 1.29 is 24.3 Å². The number of nitrogens with zero attached hydrogens (tertiary/aromatic N) is 1. The Bertz CT molecular complexity index is 396. The third-order valence-corrected chi connectivity index (χ3v) is 4.07. The largest absolute Gasteiger partial charge is 0.519 e. The Morgan fingerprint density at radius 2 is 1.89 bits per heavy atom. The molecule has 0 fully saturated rings. The minimum Gasteiger partial charge on any atom is -0.477 e. The average molecular weight is 256 g/mol. The van der Waals surface area contributed by atoms with E-state index in [4.69, 9.17) is 0 Å². The summed E-state index contributed by atoms with van der Waals surface area (Å²) in [6.45, 7) is 7.05. The highest BCUT2D eigenvalue weighted by Crippen LogP contribution is 2.44. The number of quaternary nitrogens is 1. The summed E-state index contributed by atoms with van der Waals surface area (Å²) < 4.78 is -0.550. The molecule has 1 rings (SSSR count). The summed E-state index contributed by atoms with van der Waals surface area (Å²) in [6, 6.07) is 0. The molecule has 1 amide bonds. The zero-order valence-corrected chi connectivity index (χ0v) is 11.4. The first-order chi connectivity index (χ1) is 8.15. The minimum atomic E-state index is -1.29. The first kappa shape index (κ1) is 14.7. The number of aliphatic carboxylic acids is 1. The first-order valence-corrected chi connectivity index (χ1v) is 6.19. The van der Waals surface area contributed by atoms with E-state index in [9.17, 15) is 19.8 Å². The topological polar surface area (TPSA) is 74.6 Å². The van der Waals surface area contributed by atoms with Crippen LogP contribution < -0.4 is 0 Å². The van der Waals surface area contributed by atoms with Crippen LogP contribution in [-0.2, 0) is 4.79 Å². The fraction of sp³-hybridized carbons (Fsp3) is 0.692. The van der Waals surface area contributed by atoms with Gasteiger partial charge in [0.25, 0.3) is 0 Å². The van der Waals surface area contributed by atoms with Gasteiger partial charge in [-0.05, 0) is 33.3 Å². The predicted octanol–water partition coefficient (Wildman–Crippen LogP) is 2.82. The Morgan fingerprint density at radius 3 is 2.17 bits per heavy atom. The molecule has 0 aromatic heterocycles. The zero-order chi connectivity index (χ0) is 14.2. The fourth-order valence-corrected chi connectivity index (χ4v) is 3.11. The molecule has 5 heteroatoms. The predicted molar refractivity (Wildman–Crippen MR) is 67.1 cm³/mol. The van der Waals surface area contributed by atoms with Gasteiger partial charge in [-0.15, -0.1) is 0 Å². The van der Waals surface area contributed by atoms with Gasteiger partial charge in [0.05, 0.1) is 0 Å². The van der Waals surface area contributed by atoms with E-state index in [0.717, 1.165) is 0 Å². The summed E-state index contributed by atoms with van der Waals surface area (Å²) >= 11 is 0. The lowest BCUT2D eigenvalue weighted by molar-refractivity contribution is -0.900. The SMILES string of the molecule is CCC1(C(=O)O)CCC=C[N@+]1(C(=O)O)C(C)(C)C. The van der Waals surface area contributed by atoms with Crippen LogP contribution >= 0.6 is 0 Å². The van der Waals surface area contributed by atoms with Crippen molar-refractivity contribution >= 4 is 12.1 Å². The fourth-order valence-electron chi connectivity index (χ4n) is 3.11. The van der Waals surface area contributed by atoms with Crippen LogP contribution in [0.15, 0.2) is 12.3 Å². The van der Waals surface area contributed by atoms with Crippen molar-refractivity contribution in [2.75, 3.05) is 0 Å². The van der Waals surface area contributed by atoms with Crippen LogP contribution in [0.5, 0.6) is 0 Å². The quantitative estimate of drug-likeness (QED) is 0.745. The Hall–Kier alpha value is -1.36. The molecule has 0 aromatic carbocycles. The molecule has 2 N–H and O–H groups in total. The van der Waals surface area contributed by atoms with Gasteiger partial charge in [-0.25, -0.2) is 4.79 Å². The maximum absolute atomic E-state index is 11.9. The molecule has 0 aromatic rings. The van der Waals surface area contributed by atoms with E-state index >= 15 is 0 Å². The van der Waals surface area contributed by atoms with Gasteiger partial charge in [-0.1, -0.05) is 6.92 Å². The van der Waals surface area contributed by atoms with E-state index in [2.05, 4.69) is 0 Å². The van der Waals surface area contributed by atoms with Crippen molar-refractivity contribution in [3.05, 3.63) is 12.3 Å². The van der Waals surface area contributed by atoms with E-state index in [1.165, 1.54) is 0 Å². The van der Waals surface area contributed by atoms with Crippen LogP contribution in [0.4, 0.5) is 4.79 Å². The Kier molecular flexibility index (Phi) is 3.58. The molecule has 1 heterocycles. The van der Waals surface area contributed by atoms with E-state index in [0.29, 0.717) is 12.8 Å². The third kappa shape index (κ3) is 1.65. The molecule has 2 atom stereocenters. The van der Waals surface area contributed by atoms with Crippen molar-refractivity contribution in [2.24, 2.45) is 0 Å². The van der Waals surface area contributed by atoms with Gasteiger partial charge in [0.15, 0.2) is 0 Å². The summed E-state index contributed by atoms with van der Waals surface area (Å²) in [7, 11) is 0. The molecular weight excluding hydrogens is 234 g/mol. The smallest absolute Gasteiger partial charge is 0.477 e. The van der Waals surface area contributed by atoms with Crippen molar-refractivity contribution in [2.45, 2.75) is 58.0 Å². The second-order valence-electron chi connectivity index (χ2n) is 5.79. The molecule has 0 saturated carbocycles. The molecule has 0 aliphatic carbocycles. The molecule has 0 spiro atoms. The van der Waals surface area contributed by atoms with Crippen LogP contribution in [0.25, 0.3) is 0 Å². The maximum Gasteiger partial charge on any atom is 0.519 e. The van der Waals surface area contributed by atoms with Crippen LogP contribution in [0.2, 0.25) is 0 Å². The molecule has 1 aliphatic heterocycles. The highest BCUT2D eigenvalue weighted by atomic mass is 16.4. The van der Waals surface area contributed by atoms with Gasteiger partial charge in [0.1, 0.15) is 11.7 Å². The summed E-state index contributed by atoms with van der Waals surface area (Å²) in [6.07, 6.45) is 3.45. The lowest BCUT2D eigenvalue weighted by Gasteiger charge is -2.52. The second kappa shape index (κ2) is 4.39. The Labute approximate surface area is 107 Å². The van der Waals surface area contributed by atoms with Crippen molar-refractivity contribution in [3.8, 4) is 0 Å². The highest BCUT2D eigenvalue weighted by Gasteiger charge is 2.66. The lowest BCUT2D eigenvalue weighted by atomic mass is 9.79. The van der Waals surface area contributed by atoms with Gasteiger partial charge >= 0.3 is 12.1 Å². The third-order valence-electron chi connectivity index (χ3n) is 4.07. The van der Waals surface area contributed by atoms with Gasteiger partial charge in [0, 0.05) is 12.8 Å². The highest BCUT2D eigenvalue weighted by molar-refractivity contribution is 5.80. The van der Waals surface area contributed by atoms with Crippen LogP contribution in [-0.4, -0.2) is 37.8 Å². The summed E-state index contributed by atoms with van der Waals surface area (Å²) in [5.74, 6) is -1.04. The van der Waals surface area contributed by atoms with Crippen molar-refractivity contribution in [1.29, 1.82) is 0 Å². The second-order valence-corrected chi connectivity index (χ2v) is 5.79. The number of amides is 1. The first-order valence-electron chi connectivity index (χ1n) is 6.19. The maximum atomic E-state index is 11.9. The van der Waals surface area contributed by atoms with Crippen molar-refractivity contribution in [3.63, 3.8) is 0 Å². The van der Waals surface area contributed by atoms with E-state index in [1.54, 1.807) is 40.0 Å². The number of carboxylic acid groups (broad SMARTS) is 2. The Balaban J connectivity index is 3.63. The number of carbonyl (C=O) groups is 2. The van der Waals surface area contributed by atoms with Crippen LogP contribution in [0.1, 0.15) is 47.0 Å². The van der Waals surface area contributed by atoms with Gasteiger partial charge in [-0.3, -0.25) is 0 Å². The number of rotatable bonds is 2. The standard InChI is InChI=1S/C13H21NO4/c1-5-13(10(15)16)8-6-7-9-14(13,11(17)18)12(2,3)4/h7,9H,5-6,8H2,1-4H3,(H-,15,16,17,18)/p+1/t13?,14-/m0/s1. The minimum absolute atomic E-state index is 0.288. The van der Waals surface area contributed by atoms with E-state index in [-0.39, 0.29) is 6.42 Å². The molecule has 1 aliphatic rings. The molecule has 18 heavy (non-hydrogen) atoms. The van der Waals surface area contributed by atoms with Gasteiger partial charge < -0.3 is 10.2 Å². The number of hydrogen-bond donors (Lipinski definition) is 2. The summed E-state index contributed by atoms with van der Waals surface area (Å²) in [5.41, 5.74) is -2.02. The van der Waals surface area contributed by atoms with Gasteiger partial charge in [0.2, 0.25) is 5.54 Å². The van der Waals surface area contributed by atoms with Crippen LogP contribution in [0, 0.1) is 0 Å². The number of carboxylic acids is 1. The van der Waals surface area contributed by atoms with E-state index in [1.807, 2.05) is 0 Å².